The molecule has 1 spiro atoms. The quantitative estimate of drug-likeness (QED) is 0.0285. The molecule has 3 saturated carbocycles. The number of fused-ring (bicyclic) bond motifs is 4. The maximum absolute atomic E-state index is 14.8. The molecule has 0 bridgehead atoms. The summed E-state index contributed by atoms with van der Waals surface area (Å²) >= 11 is 0. The molecule has 35 nitrogen and oxygen atoms in total. The number of aliphatic hydroxyl groups excluding tert-OH is 11. The van der Waals surface area contributed by atoms with E-state index in [0.717, 1.165) is 12.7 Å². The summed E-state index contributed by atoms with van der Waals surface area (Å²) < 4.78 is 155. The highest BCUT2D eigenvalue weighted by Gasteiger charge is 2.79. The van der Waals surface area contributed by atoms with Gasteiger partial charge in [-0.3, -0.25) is 18.7 Å². The lowest BCUT2D eigenvalue weighted by Crippen LogP contribution is -2.68. The molecule has 6 heterocycles. The van der Waals surface area contributed by atoms with Crippen LogP contribution >= 0.6 is 0 Å². The fourth-order valence-corrected chi connectivity index (χ4v) is 18.8. The van der Waals surface area contributed by atoms with E-state index in [-0.39, 0.29) is 24.2 Å². The summed E-state index contributed by atoms with van der Waals surface area (Å²) in [5, 5.41) is 134. The van der Waals surface area contributed by atoms with Crippen LogP contribution in [0.25, 0.3) is 0 Å². The number of aliphatic hydroxyl groups is 12. The van der Waals surface area contributed by atoms with Crippen molar-refractivity contribution in [2.45, 2.75) is 278 Å². The van der Waals surface area contributed by atoms with Gasteiger partial charge in [0.2, 0.25) is 0 Å². The molecule has 6 aliphatic heterocycles. The van der Waals surface area contributed by atoms with Gasteiger partial charge in [0, 0.05) is 25.9 Å². The van der Waals surface area contributed by atoms with Crippen LogP contribution in [0.3, 0.4) is 0 Å². The van der Waals surface area contributed by atoms with Gasteiger partial charge in [0.1, 0.15) is 122 Å². The van der Waals surface area contributed by atoms with Crippen molar-refractivity contribution in [2.24, 2.45) is 39.4 Å². The second kappa shape index (κ2) is 29.2. The molecule has 10 rings (SSSR count). The Hall–Kier alpha value is -2.76. The summed E-state index contributed by atoms with van der Waals surface area (Å²) in [6.07, 6.45) is -39.5. The Kier molecular flexibility index (Phi) is 23.2. The second-order valence-electron chi connectivity index (χ2n) is 29.8. The summed E-state index contributed by atoms with van der Waals surface area (Å²) in [5.74, 6) is -1.67. The summed E-state index contributed by atoms with van der Waals surface area (Å²) in [4.78, 5) is 27.7. The Labute approximate surface area is 572 Å². The van der Waals surface area contributed by atoms with Gasteiger partial charge >= 0.3 is 32.7 Å². The third-order valence-electron chi connectivity index (χ3n) is 22.7. The van der Waals surface area contributed by atoms with Crippen LogP contribution in [0.4, 0.5) is 0 Å². The van der Waals surface area contributed by atoms with E-state index in [2.05, 4.69) is 24.1 Å². The van der Waals surface area contributed by atoms with Crippen molar-refractivity contribution in [3.63, 3.8) is 0 Å². The van der Waals surface area contributed by atoms with Crippen LogP contribution in [0.2, 0.25) is 0 Å². The molecule has 0 aromatic rings. The highest BCUT2D eigenvalue weighted by Crippen LogP contribution is 2.77. The molecule has 0 radical (unpaired) electrons. The number of ether oxygens (including phenoxy) is 13. The maximum Gasteiger partial charge on any atom is 0.397 e. The molecule has 0 aromatic carbocycles. The monoisotopic (exact) mass is 1470 g/mol. The first-order valence-corrected chi connectivity index (χ1v) is 35.9. The molecule has 33 atom stereocenters. The standard InChI is InChI=1S/C62H98O35S2/c1-25-45(92-53-44(74)47(37(67)31(22-64)89-53)93-52-43(73)46(83-10)38(68)32(90-52)24-85-98(77,78)79)42(72)49(94-51-41(71)40(70)36(66)30(21-63)88-51)55(86-25)95-48-39(69)33(97-99(80,81)82)23-84-54(48)91-35-15-18-59(7)27-14-19-62-50(61(9,96-56(62)75)17-11-16-57(3,4)76)29(87-26(2)65)20-60(62,8)28(27)12-13-34(59)58(35,5)6/h11-12,16,25,27,29-55,63-64,66-74,76H,13-15,17-24H2,1-10H3,(H,77,78,79)(H,80,81,82)/b16-11+/t25-,27+,29+,30-,31-,32-,33-,34+,35+,36-,37-,38-,39+,40+,41-,42+,43-,44-,45-,46+,47+,48-,49-,50-,51+,52+,53+,54+,55+,59-,60+,61+,62-/m1/s1. The lowest BCUT2D eigenvalue weighted by Gasteiger charge is -2.64. The zero-order valence-electron chi connectivity index (χ0n) is 56.4. The van der Waals surface area contributed by atoms with Gasteiger partial charge in [-0.15, -0.1) is 0 Å². The minimum atomic E-state index is -5.35. The predicted molar refractivity (Wildman–Crippen MR) is 326 cm³/mol. The smallest absolute Gasteiger partial charge is 0.397 e. The van der Waals surface area contributed by atoms with Gasteiger partial charge in [0.15, 0.2) is 31.5 Å². The average molecular weight is 1470 g/mol. The predicted octanol–water partition coefficient (Wildman–Crippen LogP) is -3.40. The average Bonchev–Trinajstić information content (AvgIpc) is 1.51. The summed E-state index contributed by atoms with van der Waals surface area (Å²) in [7, 11) is -9.42. The maximum atomic E-state index is 14.8. The Morgan fingerprint density at radius 3 is 1.85 bits per heavy atom. The largest absolute Gasteiger partial charge is 0.462 e. The molecule has 0 amide bonds. The van der Waals surface area contributed by atoms with Crippen molar-refractivity contribution in [1.29, 1.82) is 0 Å². The zero-order chi connectivity index (χ0) is 73.0. The zero-order valence-corrected chi connectivity index (χ0v) is 58.0. The molecular formula is C62H98O35S2. The van der Waals surface area contributed by atoms with Gasteiger partial charge in [-0.2, -0.15) is 16.8 Å². The SMILES string of the molecule is CO[C@@H]1[C@@H](O)[C@H](O[C@@H]2[C@@H](O)[C@H](O[C@H]3[C@H](O)[C@@H](O[C@@H]4O[C@H](CO)[C@@H](O)[C@H](O)[C@H]4O)[C@H](O[C@H]4[C@H](O[C@H]5CC[C@]6(C)[C@H]7CC[C@]89C(=O)O[C@@](C)(C/C=C/C(C)(C)O)[C@H]8[C@@H](OC(C)=O)C[C@@]9(C)C7=CC[C@H]6C5(C)C)OC[C@@H](OS(=O)(=O)O)[C@@H]4O)O[C@@H]3C)O[C@H](CO)[C@H]2O)O[C@H](COS(=O)(=O)O)[C@H]1O. The van der Waals surface area contributed by atoms with E-state index in [4.69, 9.17) is 65.8 Å². The highest BCUT2D eigenvalue weighted by molar-refractivity contribution is 7.81. The number of esters is 2. The number of hydrogen-bond donors (Lipinski definition) is 14. The van der Waals surface area contributed by atoms with Crippen molar-refractivity contribution in [2.75, 3.05) is 33.5 Å². The van der Waals surface area contributed by atoms with Crippen molar-refractivity contribution >= 4 is 32.7 Å². The Bertz CT molecular complexity index is 3150. The lowest BCUT2D eigenvalue weighted by atomic mass is 9.41. The van der Waals surface area contributed by atoms with Crippen LogP contribution < -0.4 is 0 Å². The molecule has 0 aromatic heterocycles. The highest BCUT2D eigenvalue weighted by atomic mass is 32.3. The molecule has 14 N–H and O–H groups in total. The molecular weight excluding hydrogens is 1370 g/mol. The van der Waals surface area contributed by atoms with E-state index in [1.165, 1.54) is 13.8 Å². The first-order valence-electron chi connectivity index (χ1n) is 33.2. The molecule has 0 unspecified atom stereocenters. The summed E-state index contributed by atoms with van der Waals surface area (Å²) in [6.45, 7) is 12.2. The van der Waals surface area contributed by atoms with Crippen LogP contribution in [-0.4, -0.2) is 304 Å². The van der Waals surface area contributed by atoms with Crippen molar-refractivity contribution in [3.8, 4) is 0 Å². The molecule has 99 heavy (non-hydrogen) atoms. The van der Waals surface area contributed by atoms with Gasteiger partial charge in [0.25, 0.3) is 0 Å². The van der Waals surface area contributed by atoms with E-state index in [1.807, 2.05) is 20.8 Å². The van der Waals surface area contributed by atoms with E-state index < -0.39 is 252 Å². The van der Waals surface area contributed by atoms with Crippen LogP contribution in [0.5, 0.6) is 0 Å². The van der Waals surface area contributed by atoms with Gasteiger partial charge in [0.05, 0.1) is 55.6 Å². The topological polar surface area (TPSA) is 524 Å². The Balaban J connectivity index is 0.926. The minimum Gasteiger partial charge on any atom is -0.462 e. The molecule has 9 fully saturated rings. The van der Waals surface area contributed by atoms with E-state index >= 15 is 0 Å². The molecule has 6 saturated heterocycles. The van der Waals surface area contributed by atoms with Crippen molar-refractivity contribution in [1.82, 2.24) is 0 Å². The summed E-state index contributed by atoms with van der Waals surface area (Å²) in [5.41, 5.74) is -4.32. The van der Waals surface area contributed by atoms with Gasteiger partial charge in [-0.25, -0.2) is 8.37 Å². The summed E-state index contributed by atoms with van der Waals surface area (Å²) in [6, 6.07) is 0. The number of carbonyl (C=O) groups excluding carboxylic acids is 2. The second-order valence-corrected chi connectivity index (χ2v) is 32.0. The van der Waals surface area contributed by atoms with Gasteiger partial charge < -0.3 is 123 Å². The number of hydrogen-bond acceptors (Lipinski definition) is 33. The molecule has 4 aliphatic carbocycles. The van der Waals surface area contributed by atoms with E-state index in [0.29, 0.717) is 38.5 Å². The molecule has 37 heteroatoms. The third kappa shape index (κ3) is 15.0. The normalized spacial score (nSPS) is 48.7. The number of allylic oxidation sites excluding steroid dienone is 2. The third-order valence-corrected chi connectivity index (χ3v) is 23.7. The number of cyclic esters (lactones) is 1. The Morgan fingerprint density at radius 2 is 1.24 bits per heavy atom. The fourth-order valence-electron chi connectivity index (χ4n) is 18.0. The van der Waals surface area contributed by atoms with Crippen LogP contribution in [0.1, 0.15) is 107 Å². The first kappa shape index (κ1) is 78.8. The van der Waals surface area contributed by atoms with Crippen molar-refractivity contribution in [3.05, 3.63) is 23.8 Å². The van der Waals surface area contributed by atoms with E-state index in [9.17, 15) is 96.8 Å². The first-order chi connectivity index (χ1) is 46.0. The lowest BCUT2D eigenvalue weighted by molar-refractivity contribution is -0.406. The van der Waals surface area contributed by atoms with Crippen molar-refractivity contribution < 1.29 is 167 Å². The number of methoxy groups -OCH3 is 1. The number of rotatable bonds is 22. The van der Waals surface area contributed by atoms with Gasteiger partial charge in [-0.05, 0) is 88.9 Å². The molecule has 10 aliphatic rings. The minimum absolute atomic E-state index is 0.0968. The number of carbonyl (C=O) groups is 2. The van der Waals surface area contributed by atoms with Gasteiger partial charge in [-0.1, -0.05) is 51.5 Å². The Morgan fingerprint density at radius 1 is 0.667 bits per heavy atom. The van der Waals surface area contributed by atoms with E-state index in [1.54, 1.807) is 26.0 Å². The fraction of sp³-hybridized carbons (Fsp3) is 0.903. The van der Waals surface area contributed by atoms with Crippen LogP contribution in [-0.2, 0) is 100 Å². The van der Waals surface area contributed by atoms with Crippen LogP contribution in [0, 0.1) is 39.4 Å². The molecule has 568 valence electrons. The van der Waals surface area contributed by atoms with Crippen LogP contribution in [0.15, 0.2) is 23.8 Å².